The van der Waals surface area contributed by atoms with Crippen LogP contribution in [0.2, 0.25) is 0 Å². The van der Waals surface area contributed by atoms with Gasteiger partial charge < -0.3 is 9.79 Å². The van der Waals surface area contributed by atoms with Crippen molar-refractivity contribution in [2.45, 2.75) is 6.92 Å². The molecule has 0 spiro atoms. The molecule has 1 aromatic heterocycles. The van der Waals surface area contributed by atoms with Crippen molar-refractivity contribution < 1.29 is 19.1 Å². The van der Waals surface area contributed by atoms with Gasteiger partial charge >= 0.3 is 13.8 Å². The van der Waals surface area contributed by atoms with E-state index in [-0.39, 0.29) is 5.13 Å². The number of carbonyl (C=O) groups is 1. The molecule has 1 heterocycles. The van der Waals surface area contributed by atoms with Crippen molar-refractivity contribution in [1.82, 2.24) is 10.1 Å². The molecule has 18 heavy (non-hydrogen) atoms. The summed E-state index contributed by atoms with van der Waals surface area (Å²) in [5.74, 6) is 0. The Hall–Kier alpha value is -1.47. The number of nitrogens with one attached hydrogen (secondary N) is 2. The molecule has 0 saturated carbocycles. The molecule has 0 bridgehead atoms. The third kappa shape index (κ3) is 3.27. The Bertz CT molecular complexity index is 650. The van der Waals surface area contributed by atoms with Gasteiger partial charge in [0.05, 0.1) is 10.2 Å². The van der Waals surface area contributed by atoms with Crippen molar-refractivity contribution >= 4 is 40.5 Å². The number of anilines is 1. The average Bonchev–Trinajstić information content (AvgIpc) is 2.55. The zero-order valence-corrected chi connectivity index (χ0v) is 11.0. The van der Waals surface area contributed by atoms with Crippen molar-refractivity contribution in [3.8, 4) is 0 Å². The Balaban J connectivity index is 2.17. The van der Waals surface area contributed by atoms with Crippen molar-refractivity contribution in [2.75, 3.05) is 5.32 Å². The first-order valence-electron chi connectivity index (χ1n) is 4.85. The van der Waals surface area contributed by atoms with Crippen molar-refractivity contribution in [3.63, 3.8) is 0 Å². The minimum atomic E-state index is -4.59. The first-order chi connectivity index (χ1) is 8.33. The maximum absolute atomic E-state index is 11.2. The number of hydrogen-bond donors (Lipinski definition) is 4. The van der Waals surface area contributed by atoms with Gasteiger partial charge in [-0.3, -0.25) is 5.32 Å². The highest BCUT2D eigenvalue weighted by atomic mass is 32.1. The SMILES string of the molecule is Cc1ccc2nc(NC(=O)NP(=O)(O)O)sc2c1. The molecule has 0 radical (unpaired) electrons. The fourth-order valence-electron chi connectivity index (χ4n) is 1.34. The molecule has 2 aromatic rings. The van der Waals surface area contributed by atoms with Gasteiger partial charge in [0.1, 0.15) is 0 Å². The summed E-state index contributed by atoms with van der Waals surface area (Å²) >= 11 is 1.23. The quantitative estimate of drug-likeness (QED) is 0.629. The number of benzene rings is 1. The molecule has 4 N–H and O–H groups in total. The average molecular weight is 287 g/mol. The number of amides is 2. The van der Waals surface area contributed by atoms with E-state index in [2.05, 4.69) is 10.3 Å². The normalized spacial score (nSPS) is 11.5. The molecule has 0 fully saturated rings. The van der Waals surface area contributed by atoms with Gasteiger partial charge in [0, 0.05) is 0 Å². The summed E-state index contributed by atoms with van der Waals surface area (Å²) in [6.07, 6.45) is 0. The van der Waals surface area contributed by atoms with Crippen LogP contribution >= 0.6 is 19.1 Å². The van der Waals surface area contributed by atoms with Gasteiger partial charge in [-0.15, -0.1) is 0 Å². The van der Waals surface area contributed by atoms with Crippen LogP contribution < -0.4 is 10.4 Å². The maximum atomic E-state index is 11.2. The van der Waals surface area contributed by atoms with E-state index >= 15 is 0 Å². The Kier molecular flexibility index (Phi) is 3.36. The van der Waals surface area contributed by atoms with Crippen LogP contribution in [-0.4, -0.2) is 20.8 Å². The van der Waals surface area contributed by atoms with Crippen LogP contribution in [0.5, 0.6) is 0 Å². The van der Waals surface area contributed by atoms with Gasteiger partial charge in [-0.1, -0.05) is 17.4 Å². The number of aromatic nitrogens is 1. The zero-order valence-electron chi connectivity index (χ0n) is 9.25. The molecular formula is C9H10N3O4PS. The summed E-state index contributed by atoms with van der Waals surface area (Å²) in [5, 5.41) is 4.06. The van der Waals surface area contributed by atoms with Crippen molar-refractivity contribution in [1.29, 1.82) is 0 Å². The van der Waals surface area contributed by atoms with Crippen LogP contribution in [0.3, 0.4) is 0 Å². The first-order valence-corrected chi connectivity index (χ1v) is 7.28. The number of nitrogens with zero attached hydrogens (tertiary/aromatic N) is 1. The molecule has 0 unspecified atom stereocenters. The van der Waals surface area contributed by atoms with E-state index in [0.717, 1.165) is 15.8 Å². The summed E-state index contributed by atoms with van der Waals surface area (Å²) in [4.78, 5) is 32.5. The van der Waals surface area contributed by atoms with E-state index in [1.165, 1.54) is 16.4 Å². The first kappa shape index (κ1) is 13.0. The number of hydrogen-bond acceptors (Lipinski definition) is 4. The minimum Gasteiger partial charge on any atom is -0.308 e. The summed E-state index contributed by atoms with van der Waals surface area (Å²) < 4.78 is 11.4. The number of carbonyl (C=O) groups excluding carboxylic acids is 1. The van der Waals surface area contributed by atoms with Gasteiger partial charge in [0.2, 0.25) is 0 Å². The fourth-order valence-corrected chi connectivity index (χ4v) is 2.62. The molecule has 7 nitrogen and oxygen atoms in total. The van der Waals surface area contributed by atoms with E-state index in [4.69, 9.17) is 9.79 Å². The zero-order chi connectivity index (χ0) is 13.3. The molecule has 1 aromatic carbocycles. The highest BCUT2D eigenvalue weighted by Gasteiger charge is 2.17. The fraction of sp³-hybridized carbons (Fsp3) is 0.111. The van der Waals surface area contributed by atoms with Crippen LogP contribution in [0.25, 0.3) is 10.2 Å². The lowest BCUT2D eigenvalue weighted by atomic mass is 10.2. The van der Waals surface area contributed by atoms with Gasteiger partial charge in [0.15, 0.2) is 5.13 Å². The number of aryl methyl sites for hydroxylation is 1. The second-order valence-corrected chi connectivity index (χ2v) is 5.94. The third-order valence-corrected chi connectivity index (χ3v) is 3.44. The van der Waals surface area contributed by atoms with Crippen LogP contribution in [0.15, 0.2) is 18.2 Å². The van der Waals surface area contributed by atoms with Crippen LogP contribution in [0.4, 0.5) is 9.93 Å². The molecule has 0 saturated heterocycles. The predicted octanol–water partition coefficient (Wildman–Crippen LogP) is 1.82. The molecule has 0 aliphatic carbocycles. The van der Waals surface area contributed by atoms with E-state index in [1.807, 2.05) is 25.1 Å². The molecule has 2 rings (SSSR count). The van der Waals surface area contributed by atoms with Gasteiger partial charge in [-0.25, -0.2) is 19.4 Å². The third-order valence-electron chi connectivity index (χ3n) is 2.01. The number of fused-ring (bicyclic) bond motifs is 1. The monoisotopic (exact) mass is 287 g/mol. The summed E-state index contributed by atoms with van der Waals surface area (Å²) in [5.41, 5.74) is 1.79. The number of thiazole rings is 1. The topological polar surface area (TPSA) is 112 Å². The highest BCUT2D eigenvalue weighted by Crippen LogP contribution is 2.29. The van der Waals surface area contributed by atoms with Crippen molar-refractivity contribution in [3.05, 3.63) is 23.8 Å². The highest BCUT2D eigenvalue weighted by molar-refractivity contribution is 7.50. The minimum absolute atomic E-state index is 0.279. The Morgan fingerprint density at radius 1 is 1.44 bits per heavy atom. The van der Waals surface area contributed by atoms with E-state index in [1.54, 1.807) is 0 Å². The second-order valence-electron chi connectivity index (χ2n) is 3.60. The molecule has 0 aliphatic heterocycles. The summed E-state index contributed by atoms with van der Waals surface area (Å²) in [6.45, 7) is 1.94. The summed E-state index contributed by atoms with van der Waals surface area (Å²) in [7, 11) is -4.59. The van der Waals surface area contributed by atoms with Crippen LogP contribution in [0, 0.1) is 6.92 Å². The second kappa shape index (κ2) is 4.66. The molecule has 2 amide bonds. The smallest absolute Gasteiger partial charge is 0.308 e. The molecule has 0 atom stereocenters. The van der Waals surface area contributed by atoms with E-state index < -0.39 is 13.8 Å². The number of rotatable bonds is 2. The predicted molar refractivity (Wildman–Crippen MR) is 68.6 cm³/mol. The maximum Gasteiger partial charge on any atom is 0.431 e. The molecule has 9 heteroatoms. The Morgan fingerprint density at radius 2 is 2.17 bits per heavy atom. The lowest BCUT2D eigenvalue weighted by Gasteiger charge is -2.05. The summed E-state index contributed by atoms with van der Waals surface area (Å²) in [6, 6.07) is 4.63. The largest absolute Gasteiger partial charge is 0.431 e. The molecule has 0 aliphatic rings. The van der Waals surface area contributed by atoms with E-state index in [0.29, 0.717) is 0 Å². The van der Waals surface area contributed by atoms with E-state index in [9.17, 15) is 9.36 Å². The van der Waals surface area contributed by atoms with Crippen LogP contribution in [-0.2, 0) is 4.57 Å². The van der Waals surface area contributed by atoms with Gasteiger partial charge in [0.25, 0.3) is 0 Å². The Labute approximate surface area is 106 Å². The molecule has 96 valence electrons. The Morgan fingerprint density at radius 3 is 2.83 bits per heavy atom. The molecular weight excluding hydrogens is 277 g/mol. The lowest BCUT2D eigenvalue weighted by molar-refractivity contribution is 0.253. The van der Waals surface area contributed by atoms with Gasteiger partial charge in [-0.05, 0) is 24.6 Å². The number of urea groups is 1. The lowest BCUT2D eigenvalue weighted by Crippen LogP contribution is -2.25. The van der Waals surface area contributed by atoms with Crippen LogP contribution in [0.1, 0.15) is 5.56 Å². The standard InChI is InChI=1S/C9H10N3O4PS/c1-5-2-3-6-7(4-5)18-9(10-6)11-8(13)12-17(14,15)16/h2-4H,1H3,(H4,10,11,12,13,14,15,16). The van der Waals surface area contributed by atoms with Crippen molar-refractivity contribution in [2.24, 2.45) is 0 Å². The van der Waals surface area contributed by atoms with Gasteiger partial charge in [-0.2, -0.15) is 0 Å².